The predicted molar refractivity (Wildman–Crippen MR) is 270 cm³/mol. The van der Waals surface area contributed by atoms with Crippen molar-refractivity contribution in [1.29, 1.82) is 0 Å². The van der Waals surface area contributed by atoms with Gasteiger partial charge in [-0.25, -0.2) is 0 Å². The van der Waals surface area contributed by atoms with Crippen LogP contribution in [-0.2, 0) is 10.8 Å². The quantitative estimate of drug-likeness (QED) is 0.170. The summed E-state index contributed by atoms with van der Waals surface area (Å²) in [5.41, 5.74) is 17.9. The Morgan fingerprint density at radius 2 is 1.16 bits per heavy atom. The molecule has 11 aromatic rings. The van der Waals surface area contributed by atoms with Gasteiger partial charge in [0.05, 0.1) is 16.9 Å². The van der Waals surface area contributed by atoms with Crippen LogP contribution in [0.25, 0.3) is 71.5 Å². The number of hydrogen-bond acceptors (Lipinski definition) is 4. The van der Waals surface area contributed by atoms with Crippen molar-refractivity contribution >= 4 is 102 Å². The molecule has 3 aromatic heterocycles. The number of fused-ring (bicyclic) bond motifs is 10. The SMILES string of the molecule is CC(C)(C)c1ccc(Nc2ccc(N(c3ccccc3)c3ccccc3)cc2-c2ccc3c4cc5c(cc4n4c3c2[B]c2oc3ccc(C(C)(C)C)cc3c2-4)oc2ccccc25)cc1. The van der Waals surface area contributed by atoms with Gasteiger partial charge in [-0.1, -0.05) is 126 Å². The van der Waals surface area contributed by atoms with Gasteiger partial charge >= 0.3 is 0 Å². The van der Waals surface area contributed by atoms with Gasteiger partial charge in [0.25, 0.3) is 0 Å². The van der Waals surface area contributed by atoms with Crippen LogP contribution < -0.4 is 21.3 Å². The second-order valence-corrected chi connectivity index (χ2v) is 19.3. The lowest BCUT2D eigenvalue weighted by atomic mass is 9.62. The monoisotopic (exact) mass is 828 g/mol. The maximum Gasteiger partial charge on any atom is 0.247 e. The molecule has 1 aliphatic heterocycles. The first-order valence-corrected chi connectivity index (χ1v) is 22.2. The first kappa shape index (κ1) is 38.3. The minimum atomic E-state index is -0.0365. The number of para-hydroxylation sites is 3. The van der Waals surface area contributed by atoms with Gasteiger partial charge in [0.1, 0.15) is 16.7 Å². The van der Waals surface area contributed by atoms with Crippen LogP contribution in [-0.4, -0.2) is 11.8 Å². The topological polar surface area (TPSA) is 46.5 Å². The van der Waals surface area contributed by atoms with E-state index in [1.807, 2.05) is 6.07 Å². The van der Waals surface area contributed by atoms with E-state index in [4.69, 9.17) is 8.83 Å². The summed E-state index contributed by atoms with van der Waals surface area (Å²) in [5, 5.41) is 9.56. The first-order valence-electron chi connectivity index (χ1n) is 22.2. The van der Waals surface area contributed by atoms with Gasteiger partial charge in [0.15, 0.2) is 0 Å². The molecule has 1 radical (unpaired) electrons. The maximum absolute atomic E-state index is 6.91. The van der Waals surface area contributed by atoms with Crippen LogP contribution in [0, 0.1) is 0 Å². The van der Waals surface area contributed by atoms with Gasteiger partial charge in [-0.05, 0) is 112 Å². The third kappa shape index (κ3) is 6.07. The van der Waals surface area contributed by atoms with Gasteiger partial charge < -0.3 is 23.6 Å². The lowest BCUT2D eigenvalue weighted by Crippen LogP contribution is -2.36. The van der Waals surface area contributed by atoms with Gasteiger partial charge in [-0.3, -0.25) is 0 Å². The summed E-state index contributed by atoms with van der Waals surface area (Å²) in [4.78, 5) is 2.33. The third-order valence-corrected chi connectivity index (χ3v) is 13.1. The van der Waals surface area contributed by atoms with Crippen molar-refractivity contribution in [3.8, 4) is 16.8 Å². The molecule has 0 atom stereocenters. The average molecular weight is 829 g/mol. The van der Waals surface area contributed by atoms with Crippen molar-refractivity contribution in [3.63, 3.8) is 0 Å². The molecule has 0 aliphatic carbocycles. The molecule has 4 heterocycles. The van der Waals surface area contributed by atoms with Gasteiger partial charge in [0.2, 0.25) is 7.28 Å². The molecule has 0 bridgehead atoms. The molecule has 12 rings (SSSR count). The summed E-state index contributed by atoms with van der Waals surface area (Å²) < 4.78 is 15.9. The first-order chi connectivity index (χ1) is 31.0. The van der Waals surface area contributed by atoms with E-state index in [-0.39, 0.29) is 10.8 Å². The maximum atomic E-state index is 6.91. The lowest BCUT2D eigenvalue weighted by molar-refractivity contribution is 0.590. The Morgan fingerprint density at radius 3 is 1.88 bits per heavy atom. The number of hydrogen-bond donors (Lipinski definition) is 1. The molecule has 5 nitrogen and oxygen atoms in total. The number of furan rings is 2. The van der Waals surface area contributed by atoms with Crippen LogP contribution in [0.1, 0.15) is 52.7 Å². The van der Waals surface area contributed by atoms with Crippen molar-refractivity contribution in [2.24, 2.45) is 0 Å². The van der Waals surface area contributed by atoms with Crippen LogP contribution in [0.15, 0.2) is 179 Å². The molecule has 0 amide bonds. The second kappa shape index (κ2) is 14.0. The fraction of sp³-hybridized carbons (Fsp3) is 0.138. The largest absolute Gasteiger partial charge is 0.469 e. The van der Waals surface area contributed by atoms with Crippen molar-refractivity contribution in [3.05, 3.63) is 181 Å². The van der Waals surface area contributed by atoms with E-state index in [0.29, 0.717) is 0 Å². The molecule has 0 saturated heterocycles. The van der Waals surface area contributed by atoms with Gasteiger partial charge in [0, 0.05) is 72.5 Å². The van der Waals surface area contributed by atoms with Gasteiger partial charge in [-0.15, -0.1) is 0 Å². The summed E-state index contributed by atoms with van der Waals surface area (Å²) in [6.07, 6.45) is 0. The normalized spacial score (nSPS) is 12.7. The molecule has 1 aliphatic rings. The van der Waals surface area contributed by atoms with E-state index in [2.05, 4.69) is 227 Å². The highest BCUT2D eigenvalue weighted by atomic mass is 16.3. The Morgan fingerprint density at radius 1 is 0.484 bits per heavy atom. The summed E-state index contributed by atoms with van der Waals surface area (Å²) in [7, 11) is 2.28. The lowest BCUT2D eigenvalue weighted by Gasteiger charge is -2.27. The molecular formula is C58H47BN3O2. The van der Waals surface area contributed by atoms with Crippen LogP contribution in [0.4, 0.5) is 28.4 Å². The molecule has 0 spiro atoms. The van der Waals surface area contributed by atoms with E-state index in [9.17, 15) is 0 Å². The van der Waals surface area contributed by atoms with Crippen LogP contribution in [0.2, 0.25) is 0 Å². The van der Waals surface area contributed by atoms with E-state index in [0.717, 1.165) is 100 Å². The van der Waals surface area contributed by atoms with Crippen molar-refractivity contribution in [1.82, 2.24) is 4.57 Å². The summed E-state index contributed by atoms with van der Waals surface area (Å²) in [6, 6.07) is 61.1. The van der Waals surface area contributed by atoms with Gasteiger partial charge in [-0.2, -0.15) is 0 Å². The molecule has 64 heavy (non-hydrogen) atoms. The zero-order chi connectivity index (χ0) is 43.5. The zero-order valence-electron chi connectivity index (χ0n) is 37.0. The zero-order valence-corrected chi connectivity index (χ0v) is 37.0. The molecule has 0 saturated carbocycles. The molecule has 309 valence electrons. The minimum absolute atomic E-state index is 0.0365. The highest BCUT2D eigenvalue weighted by Crippen LogP contribution is 2.45. The predicted octanol–water partition coefficient (Wildman–Crippen LogP) is 14.9. The Bertz CT molecular complexity index is 3580. The fourth-order valence-electron chi connectivity index (χ4n) is 9.80. The number of anilines is 5. The minimum Gasteiger partial charge on any atom is -0.469 e. The fourth-order valence-corrected chi connectivity index (χ4v) is 9.80. The van der Waals surface area contributed by atoms with Crippen LogP contribution in [0.3, 0.4) is 0 Å². The third-order valence-electron chi connectivity index (χ3n) is 13.1. The standard InChI is InChI=1S/C58H47BN3O2/c1-57(2,3)35-21-24-37(25-22-35)60-48-29-26-40(61(38-15-9-7-10-16-38)39-17-11-8-12-18-39)32-44(48)42-27-28-43-45-33-46-41-19-13-14-20-50(41)63-52(46)34-49(45)62-54(43)53(42)59-56-55(62)47-31-36(58(4,5)6)23-30-51(47)64-56/h7-34,60H,1-6H3. The van der Waals surface area contributed by atoms with E-state index in [1.165, 1.54) is 21.9 Å². The second-order valence-electron chi connectivity index (χ2n) is 19.3. The summed E-state index contributed by atoms with van der Waals surface area (Å²) in [6.45, 7) is 13.6. The Kier molecular flexibility index (Phi) is 8.39. The number of nitrogens with one attached hydrogen (secondary N) is 1. The highest BCUT2D eigenvalue weighted by molar-refractivity contribution is 6.73. The Hall–Kier alpha value is -7.44. The van der Waals surface area contributed by atoms with Crippen molar-refractivity contribution in [2.45, 2.75) is 52.4 Å². The van der Waals surface area contributed by atoms with Crippen LogP contribution >= 0.6 is 0 Å². The molecule has 6 heteroatoms. The smallest absolute Gasteiger partial charge is 0.247 e. The molecular weight excluding hydrogens is 781 g/mol. The highest BCUT2D eigenvalue weighted by Gasteiger charge is 2.32. The molecule has 8 aromatic carbocycles. The van der Waals surface area contributed by atoms with Crippen molar-refractivity contribution in [2.75, 3.05) is 10.2 Å². The van der Waals surface area contributed by atoms with E-state index < -0.39 is 0 Å². The van der Waals surface area contributed by atoms with E-state index in [1.54, 1.807) is 0 Å². The average Bonchev–Trinajstić information content (AvgIpc) is 3.96. The van der Waals surface area contributed by atoms with E-state index >= 15 is 0 Å². The van der Waals surface area contributed by atoms with Crippen LogP contribution in [0.5, 0.6) is 0 Å². The Balaban J connectivity index is 1.14. The summed E-state index contributed by atoms with van der Waals surface area (Å²) >= 11 is 0. The number of aromatic nitrogens is 1. The summed E-state index contributed by atoms with van der Waals surface area (Å²) in [5.74, 6) is 0. The number of benzene rings is 8. The Labute approximate surface area is 373 Å². The molecule has 0 unspecified atom stereocenters. The molecule has 0 fully saturated rings. The van der Waals surface area contributed by atoms with Crippen molar-refractivity contribution < 1.29 is 8.83 Å². The number of nitrogens with zero attached hydrogens (tertiary/aromatic N) is 2. The molecule has 1 N–H and O–H groups in total. The number of rotatable bonds is 6.